The molecule has 0 saturated carbocycles. The summed E-state index contributed by atoms with van der Waals surface area (Å²) in [6, 6.07) is 6.79. The summed E-state index contributed by atoms with van der Waals surface area (Å²) in [5, 5.41) is 4.93. The summed E-state index contributed by atoms with van der Waals surface area (Å²) in [4.78, 5) is 36.3. The van der Waals surface area contributed by atoms with Crippen LogP contribution in [0, 0.1) is 0 Å². The van der Waals surface area contributed by atoms with Crippen LogP contribution in [0.2, 0.25) is 0 Å². The number of rotatable bonds is 7. The monoisotopic (exact) mass is 307 g/mol. The van der Waals surface area contributed by atoms with Crippen molar-refractivity contribution in [2.24, 2.45) is 0 Å². The number of likely N-dealkylation sites (N-methyl/N-ethyl adjacent to an activating group) is 1. The maximum absolute atomic E-state index is 12.0. The van der Waals surface area contributed by atoms with Crippen LogP contribution >= 0.6 is 0 Å². The highest BCUT2D eigenvalue weighted by molar-refractivity contribution is 5.99. The van der Waals surface area contributed by atoms with Crippen LogP contribution in [-0.2, 0) is 9.59 Å². The van der Waals surface area contributed by atoms with Crippen LogP contribution in [-0.4, -0.2) is 56.4 Å². The number of hydrogen-bond acceptors (Lipinski definition) is 4. The molecule has 0 atom stereocenters. The van der Waals surface area contributed by atoms with Gasteiger partial charge in [0.25, 0.3) is 5.91 Å². The van der Waals surface area contributed by atoms with Crippen LogP contribution in [0.1, 0.15) is 17.3 Å². The third kappa shape index (κ3) is 5.43. The molecule has 3 amide bonds. The van der Waals surface area contributed by atoms with E-state index in [0.29, 0.717) is 17.9 Å². The lowest BCUT2D eigenvalue weighted by Crippen LogP contribution is -2.41. The topological polar surface area (TPSA) is 87.7 Å². The first-order valence-corrected chi connectivity index (χ1v) is 6.92. The van der Waals surface area contributed by atoms with Gasteiger partial charge in [-0.15, -0.1) is 0 Å². The van der Waals surface area contributed by atoms with Crippen LogP contribution < -0.4 is 15.4 Å². The minimum atomic E-state index is -0.433. The minimum absolute atomic E-state index is 0.1000. The summed E-state index contributed by atoms with van der Waals surface area (Å²) >= 11 is 0. The zero-order valence-corrected chi connectivity index (χ0v) is 13.0. The third-order valence-corrected chi connectivity index (χ3v) is 2.78. The summed E-state index contributed by atoms with van der Waals surface area (Å²) in [5.41, 5.74) is 0.363. The Kier molecular flexibility index (Phi) is 6.88. The molecule has 0 spiro atoms. The smallest absolute Gasteiger partial charge is 0.255 e. The van der Waals surface area contributed by atoms with E-state index in [1.54, 1.807) is 38.4 Å². The molecule has 1 aromatic carbocycles. The van der Waals surface area contributed by atoms with Gasteiger partial charge < -0.3 is 20.3 Å². The predicted octanol–water partition coefficient (Wildman–Crippen LogP) is 0.0195. The normalized spacial score (nSPS) is 9.77. The number of ether oxygens (including phenoxy) is 1. The zero-order chi connectivity index (χ0) is 16.5. The van der Waals surface area contributed by atoms with Crippen molar-refractivity contribution < 1.29 is 19.1 Å². The number of hydrogen-bond donors (Lipinski definition) is 2. The maximum atomic E-state index is 12.0. The van der Waals surface area contributed by atoms with Crippen molar-refractivity contribution in [3.8, 4) is 5.75 Å². The molecule has 0 aliphatic rings. The van der Waals surface area contributed by atoms with Crippen LogP contribution in [0.25, 0.3) is 0 Å². The number of amides is 3. The van der Waals surface area contributed by atoms with Gasteiger partial charge >= 0.3 is 0 Å². The van der Waals surface area contributed by atoms with E-state index in [4.69, 9.17) is 4.74 Å². The highest BCUT2D eigenvalue weighted by Crippen LogP contribution is 2.17. The first kappa shape index (κ1) is 17.5. The molecule has 0 radical (unpaired) electrons. The van der Waals surface area contributed by atoms with Crippen LogP contribution in [0.5, 0.6) is 5.75 Å². The van der Waals surface area contributed by atoms with Crippen LogP contribution in [0.4, 0.5) is 0 Å². The molecule has 7 nitrogen and oxygen atoms in total. The molecule has 0 heterocycles. The first-order chi connectivity index (χ1) is 10.5. The molecule has 0 aliphatic carbocycles. The molecule has 2 N–H and O–H groups in total. The van der Waals surface area contributed by atoms with E-state index in [2.05, 4.69) is 10.6 Å². The molecular formula is C15H21N3O4. The molecule has 1 aromatic rings. The molecule has 0 aliphatic heterocycles. The van der Waals surface area contributed by atoms with E-state index in [1.807, 2.05) is 6.92 Å². The van der Waals surface area contributed by atoms with E-state index in [1.165, 1.54) is 4.90 Å². The quantitative estimate of drug-likeness (QED) is 0.743. The van der Waals surface area contributed by atoms with Gasteiger partial charge in [-0.25, -0.2) is 0 Å². The van der Waals surface area contributed by atoms with Crippen molar-refractivity contribution in [1.29, 1.82) is 0 Å². The average Bonchev–Trinajstić information content (AvgIpc) is 2.50. The van der Waals surface area contributed by atoms with E-state index < -0.39 is 11.8 Å². The lowest BCUT2D eigenvalue weighted by molar-refractivity contribution is -0.130. The van der Waals surface area contributed by atoms with E-state index in [9.17, 15) is 14.4 Å². The molecule has 0 bridgehead atoms. The summed E-state index contributed by atoms with van der Waals surface area (Å²) in [6.45, 7) is 1.96. The van der Waals surface area contributed by atoms with Crippen molar-refractivity contribution in [2.75, 3.05) is 33.8 Å². The third-order valence-electron chi connectivity index (χ3n) is 2.78. The fourth-order valence-corrected chi connectivity index (χ4v) is 1.59. The number of nitrogens with one attached hydrogen (secondary N) is 2. The van der Waals surface area contributed by atoms with Gasteiger partial charge in [0.05, 0.1) is 25.3 Å². The van der Waals surface area contributed by atoms with Gasteiger partial charge in [-0.05, 0) is 19.1 Å². The van der Waals surface area contributed by atoms with Gasteiger partial charge in [-0.3, -0.25) is 14.4 Å². The Labute approximate surface area is 129 Å². The van der Waals surface area contributed by atoms with Crippen LogP contribution in [0.3, 0.4) is 0 Å². The van der Waals surface area contributed by atoms with Gasteiger partial charge in [-0.1, -0.05) is 12.1 Å². The SMILES string of the molecule is CCOc1ccccc1C(=O)NCC(=O)NCC(=O)N(C)C. The predicted molar refractivity (Wildman–Crippen MR) is 81.6 cm³/mol. The molecule has 120 valence electrons. The number of benzene rings is 1. The Balaban J connectivity index is 2.49. The highest BCUT2D eigenvalue weighted by atomic mass is 16.5. The van der Waals surface area contributed by atoms with Gasteiger partial charge in [0.15, 0.2) is 0 Å². The van der Waals surface area contributed by atoms with Gasteiger partial charge in [0.1, 0.15) is 5.75 Å². The minimum Gasteiger partial charge on any atom is -0.493 e. The summed E-state index contributed by atoms with van der Waals surface area (Å²) in [5.74, 6) is -0.595. The van der Waals surface area contributed by atoms with Crippen molar-refractivity contribution in [3.05, 3.63) is 29.8 Å². The van der Waals surface area contributed by atoms with E-state index >= 15 is 0 Å². The second kappa shape index (κ2) is 8.66. The standard InChI is InChI=1S/C15H21N3O4/c1-4-22-12-8-6-5-7-11(12)15(21)17-9-13(19)16-10-14(20)18(2)3/h5-8H,4,9-10H2,1-3H3,(H,16,19)(H,17,21). The Bertz CT molecular complexity index is 543. The Hall–Kier alpha value is -2.57. The number of carbonyl (C=O) groups excluding carboxylic acids is 3. The lowest BCUT2D eigenvalue weighted by Gasteiger charge is -2.12. The Morgan fingerprint density at radius 1 is 1.09 bits per heavy atom. The second-order valence-electron chi connectivity index (χ2n) is 4.68. The summed E-state index contributed by atoms with van der Waals surface area (Å²) < 4.78 is 5.36. The molecule has 0 unspecified atom stereocenters. The largest absolute Gasteiger partial charge is 0.493 e. The molecule has 22 heavy (non-hydrogen) atoms. The Morgan fingerprint density at radius 2 is 1.77 bits per heavy atom. The number of nitrogens with zero attached hydrogens (tertiary/aromatic N) is 1. The van der Waals surface area contributed by atoms with Crippen molar-refractivity contribution in [1.82, 2.24) is 15.5 Å². The number of carbonyl (C=O) groups is 3. The number of para-hydroxylation sites is 1. The Morgan fingerprint density at radius 3 is 2.41 bits per heavy atom. The molecule has 0 fully saturated rings. The molecule has 0 aromatic heterocycles. The fourth-order valence-electron chi connectivity index (χ4n) is 1.59. The van der Waals surface area contributed by atoms with Crippen molar-refractivity contribution in [2.45, 2.75) is 6.92 Å². The summed E-state index contributed by atoms with van der Waals surface area (Å²) in [7, 11) is 3.20. The fraction of sp³-hybridized carbons (Fsp3) is 0.400. The van der Waals surface area contributed by atoms with Gasteiger partial charge in [0, 0.05) is 14.1 Å². The maximum Gasteiger partial charge on any atom is 0.255 e. The van der Waals surface area contributed by atoms with E-state index in [0.717, 1.165) is 0 Å². The average molecular weight is 307 g/mol. The van der Waals surface area contributed by atoms with Gasteiger partial charge in [0.2, 0.25) is 11.8 Å². The van der Waals surface area contributed by atoms with Crippen molar-refractivity contribution >= 4 is 17.7 Å². The molecular weight excluding hydrogens is 286 g/mol. The second-order valence-corrected chi connectivity index (χ2v) is 4.68. The van der Waals surface area contributed by atoms with Crippen LogP contribution in [0.15, 0.2) is 24.3 Å². The first-order valence-electron chi connectivity index (χ1n) is 6.92. The highest BCUT2D eigenvalue weighted by Gasteiger charge is 2.13. The molecule has 1 rings (SSSR count). The summed E-state index contributed by atoms with van der Waals surface area (Å²) in [6.07, 6.45) is 0. The zero-order valence-electron chi connectivity index (χ0n) is 13.0. The molecule has 0 saturated heterocycles. The lowest BCUT2D eigenvalue weighted by atomic mass is 10.2. The van der Waals surface area contributed by atoms with Crippen molar-refractivity contribution in [3.63, 3.8) is 0 Å². The molecule has 7 heteroatoms. The van der Waals surface area contributed by atoms with E-state index in [-0.39, 0.29) is 19.0 Å². The van der Waals surface area contributed by atoms with Gasteiger partial charge in [-0.2, -0.15) is 0 Å².